The minimum atomic E-state index is -1.71. The van der Waals surface area contributed by atoms with E-state index in [2.05, 4.69) is 0 Å². The first-order chi connectivity index (χ1) is 4.54. The van der Waals surface area contributed by atoms with E-state index in [1.807, 2.05) is 0 Å². The molecule has 12 heavy (non-hydrogen) atoms. The summed E-state index contributed by atoms with van der Waals surface area (Å²) in [5.74, 6) is -3.05. The zero-order chi connectivity index (χ0) is 8.15. The molecule has 0 radical (unpaired) electrons. The zero-order valence-corrected chi connectivity index (χ0v) is 7.07. The van der Waals surface area contributed by atoms with Crippen molar-refractivity contribution in [2.45, 2.75) is 18.9 Å². The average molecular weight is 160 g/mol. The maximum absolute atomic E-state index is 9.74. The third-order valence-corrected chi connectivity index (χ3v) is 0.894. The number of carboxylic acid groups (broad SMARTS) is 2. The van der Waals surface area contributed by atoms with E-state index in [4.69, 9.17) is 5.11 Å². The summed E-state index contributed by atoms with van der Waals surface area (Å²) in [6, 6.07) is 0. The number of carbonyl (C=O) groups is 2. The molecule has 0 aromatic carbocycles. The van der Waals surface area contributed by atoms with Crippen LogP contribution in [0.25, 0.3) is 0 Å². The van der Waals surface area contributed by atoms with Gasteiger partial charge in [0.15, 0.2) is 0 Å². The fraction of sp³-hybridized carbons (Fsp3) is 0.600. The molecule has 0 aromatic heterocycles. The minimum absolute atomic E-state index is 0. The Kier molecular flexibility index (Phi) is 13.8. The largest absolute Gasteiger partial charge is 1.00 e. The summed E-state index contributed by atoms with van der Waals surface area (Å²) in [7, 11) is 0. The number of hydrogen-bond donors (Lipinski definition) is 1. The maximum atomic E-state index is 9.74. The van der Waals surface area contributed by atoms with Gasteiger partial charge in [-0.2, -0.15) is 0 Å². The summed E-state index contributed by atoms with van der Waals surface area (Å²) < 4.78 is 0. The summed E-state index contributed by atoms with van der Waals surface area (Å²) in [6.45, 7) is 0. The SMILES string of the molecule is O=C([O-])CCC(O)C(=O)[O-].[Li+].[Li+]. The van der Waals surface area contributed by atoms with Gasteiger partial charge in [0, 0.05) is 5.97 Å². The molecule has 0 aliphatic carbocycles. The van der Waals surface area contributed by atoms with Gasteiger partial charge in [-0.15, -0.1) is 0 Å². The normalized spacial score (nSPS) is 10.4. The first-order valence-corrected chi connectivity index (χ1v) is 2.63. The first kappa shape index (κ1) is 18.0. The van der Waals surface area contributed by atoms with Gasteiger partial charge in [0.2, 0.25) is 0 Å². The Morgan fingerprint density at radius 2 is 1.67 bits per heavy atom. The monoisotopic (exact) mass is 160 g/mol. The van der Waals surface area contributed by atoms with Gasteiger partial charge < -0.3 is 24.9 Å². The second-order valence-electron chi connectivity index (χ2n) is 1.75. The van der Waals surface area contributed by atoms with Crippen molar-refractivity contribution < 1.29 is 62.6 Å². The van der Waals surface area contributed by atoms with Crippen LogP contribution in [0.1, 0.15) is 12.8 Å². The van der Waals surface area contributed by atoms with Crippen LogP contribution < -0.4 is 47.9 Å². The van der Waals surface area contributed by atoms with Crippen LogP contribution in [0.4, 0.5) is 0 Å². The van der Waals surface area contributed by atoms with Crippen molar-refractivity contribution in [2.75, 3.05) is 0 Å². The van der Waals surface area contributed by atoms with Crippen molar-refractivity contribution >= 4 is 11.9 Å². The van der Waals surface area contributed by atoms with E-state index in [9.17, 15) is 19.8 Å². The molecule has 0 aliphatic rings. The number of aliphatic hydroxyl groups excluding tert-OH is 1. The smallest absolute Gasteiger partial charge is 0.550 e. The first-order valence-electron chi connectivity index (χ1n) is 2.63. The van der Waals surface area contributed by atoms with Gasteiger partial charge in [0.1, 0.15) is 0 Å². The molecule has 58 valence electrons. The Morgan fingerprint density at radius 1 is 1.25 bits per heavy atom. The topological polar surface area (TPSA) is 100 Å². The number of hydrogen-bond acceptors (Lipinski definition) is 5. The standard InChI is InChI=1S/C5H8O5.2Li/c6-3(5(9)10)1-2-4(7)8;;/h3,6H,1-2H2,(H,7,8)(H,9,10);;/q;2*+1/p-2. The third kappa shape index (κ3) is 10.1. The zero-order valence-electron chi connectivity index (χ0n) is 7.07. The molecule has 0 spiro atoms. The van der Waals surface area contributed by atoms with Gasteiger partial charge in [-0.3, -0.25) is 0 Å². The van der Waals surface area contributed by atoms with E-state index in [-0.39, 0.29) is 44.1 Å². The number of aliphatic hydroxyl groups is 1. The molecule has 7 heteroatoms. The maximum Gasteiger partial charge on any atom is 1.00 e. The van der Waals surface area contributed by atoms with Crippen LogP contribution in [0.15, 0.2) is 0 Å². The second kappa shape index (κ2) is 9.18. The van der Waals surface area contributed by atoms with Crippen LogP contribution in [0, 0.1) is 0 Å². The Hall–Kier alpha value is 0.0948. The van der Waals surface area contributed by atoms with Crippen LogP contribution in [0.5, 0.6) is 0 Å². The summed E-state index contributed by atoms with van der Waals surface area (Å²) in [6.07, 6.45) is -2.56. The van der Waals surface area contributed by atoms with Crippen LogP contribution in [-0.4, -0.2) is 23.1 Å². The van der Waals surface area contributed by atoms with E-state index in [1.54, 1.807) is 0 Å². The molecule has 1 unspecified atom stereocenters. The van der Waals surface area contributed by atoms with E-state index in [0.717, 1.165) is 0 Å². The van der Waals surface area contributed by atoms with Gasteiger partial charge >= 0.3 is 37.7 Å². The summed E-state index contributed by atoms with van der Waals surface area (Å²) >= 11 is 0. The number of carbonyl (C=O) groups excluding carboxylic acids is 2. The van der Waals surface area contributed by atoms with E-state index in [0.29, 0.717) is 0 Å². The molecule has 1 N–H and O–H groups in total. The van der Waals surface area contributed by atoms with Crippen molar-refractivity contribution in [3.05, 3.63) is 0 Å². The molecule has 1 atom stereocenters. The number of aliphatic carboxylic acids is 2. The second-order valence-corrected chi connectivity index (χ2v) is 1.75. The molecule has 0 aliphatic heterocycles. The van der Waals surface area contributed by atoms with Crippen LogP contribution in [-0.2, 0) is 9.59 Å². The number of rotatable bonds is 4. The molecule has 0 amide bonds. The number of carboxylic acids is 2. The molecule has 5 nitrogen and oxygen atoms in total. The average Bonchev–Trinajstić information content (AvgIpc) is 1.82. The minimum Gasteiger partial charge on any atom is -0.550 e. The van der Waals surface area contributed by atoms with Crippen molar-refractivity contribution in [2.24, 2.45) is 0 Å². The van der Waals surface area contributed by atoms with Crippen molar-refractivity contribution in [3.8, 4) is 0 Å². The predicted molar refractivity (Wildman–Crippen MR) is 25.3 cm³/mol. The molecule has 0 rings (SSSR count). The predicted octanol–water partition coefficient (Wildman–Crippen LogP) is -9.36. The summed E-state index contributed by atoms with van der Waals surface area (Å²) in [5, 5.41) is 27.9. The van der Waals surface area contributed by atoms with Crippen molar-refractivity contribution in [1.29, 1.82) is 0 Å². The molecule has 0 saturated carbocycles. The Morgan fingerprint density at radius 3 is 1.92 bits per heavy atom. The molecular weight excluding hydrogens is 154 g/mol. The van der Waals surface area contributed by atoms with Crippen molar-refractivity contribution in [3.63, 3.8) is 0 Å². The van der Waals surface area contributed by atoms with Gasteiger partial charge in [-0.25, -0.2) is 0 Å². The third-order valence-electron chi connectivity index (χ3n) is 0.894. The van der Waals surface area contributed by atoms with E-state index >= 15 is 0 Å². The quantitative estimate of drug-likeness (QED) is 0.411. The molecular formula is C5H6Li2O5. The Labute approximate surface area is 93.5 Å². The fourth-order valence-corrected chi connectivity index (χ4v) is 0.372. The van der Waals surface area contributed by atoms with E-state index < -0.39 is 24.5 Å². The molecule has 0 aromatic rings. The van der Waals surface area contributed by atoms with Gasteiger partial charge in [0.25, 0.3) is 0 Å². The molecule has 0 fully saturated rings. The van der Waals surface area contributed by atoms with Crippen LogP contribution >= 0.6 is 0 Å². The molecule has 0 saturated heterocycles. The molecule has 0 bridgehead atoms. The summed E-state index contributed by atoms with van der Waals surface area (Å²) in [4.78, 5) is 19.4. The summed E-state index contributed by atoms with van der Waals surface area (Å²) in [5.41, 5.74) is 0. The Balaban J connectivity index is -0.000000405. The molecule has 0 heterocycles. The van der Waals surface area contributed by atoms with Crippen LogP contribution in [0.3, 0.4) is 0 Å². The van der Waals surface area contributed by atoms with E-state index in [1.165, 1.54) is 0 Å². The fourth-order valence-electron chi connectivity index (χ4n) is 0.372. The van der Waals surface area contributed by atoms with Gasteiger partial charge in [0.05, 0.1) is 12.1 Å². The van der Waals surface area contributed by atoms with Gasteiger partial charge in [-0.05, 0) is 12.8 Å². The Bertz CT molecular complexity index is 149. The van der Waals surface area contributed by atoms with Gasteiger partial charge in [-0.1, -0.05) is 0 Å². The van der Waals surface area contributed by atoms with Crippen molar-refractivity contribution in [1.82, 2.24) is 0 Å². The van der Waals surface area contributed by atoms with Crippen LogP contribution in [0.2, 0.25) is 0 Å².